The molecule has 0 aliphatic carbocycles. The Bertz CT molecular complexity index is 469. The van der Waals surface area contributed by atoms with Gasteiger partial charge in [-0.15, -0.1) is 0 Å². The number of nitrogens with one attached hydrogen (secondary N) is 1. The number of benzene rings is 1. The smallest absolute Gasteiger partial charge is 0.288 e. The Balaban J connectivity index is 2.92. The van der Waals surface area contributed by atoms with E-state index in [2.05, 4.69) is 5.32 Å². The number of nitro benzene ring substituents is 1. The molecule has 0 fully saturated rings. The molecular weight excluding hydrogens is 270 g/mol. The van der Waals surface area contributed by atoms with Crippen molar-refractivity contribution in [1.82, 2.24) is 0 Å². The molecule has 0 saturated carbocycles. The maximum atomic E-state index is 12.8. The zero-order chi connectivity index (χ0) is 13.9. The average Bonchev–Trinajstić information content (AvgIpc) is 2.29. The van der Waals surface area contributed by atoms with Crippen molar-refractivity contribution >= 4 is 23.0 Å². The summed E-state index contributed by atoms with van der Waals surface area (Å²) in [6.45, 7) is -0.527. The normalized spacial score (nSPS) is 11.4. The van der Waals surface area contributed by atoms with Crippen LogP contribution in [0.5, 0.6) is 0 Å². The van der Waals surface area contributed by atoms with Crippen LogP contribution in [0, 0.1) is 17.0 Å². The summed E-state index contributed by atoms with van der Waals surface area (Å²) in [5, 5.41) is 21.3. The van der Waals surface area contributed by atoms with E-state index in [1.807, 2.05) is 0 Å². The molecule has 100 valence electrons. The van der Waals surface area contributed by atoms with Gasteiger partial charge in [-0.3, -0.25) is 10.1 Å². The van der Waals surface area contributed by atoms with E-state index in [1.54, 1.807) is 0 Å². The van der Waals surface area contributed by atoms with Gasteiger partial charge >= 0.3 is 0 Å². The maximum Gasteiger partial charge on any atom is 0.288 e. The molecule has 0 heterocycles. The fourth-order valence-corrected chi connectivity index (χ4v) is 1.51. The van der Waals surface area contributed by atoms with Crippen molar-refractivity contribution in [2.24, 2.45) is 0 Å². The lowest BCUT2D eigenvalue weighted by atomic mass is 10.1. The van der Waals surface area contributed by atoms with Gasteiger partial charge in [0.25, 0.3) is 11.6 Å². The molecule has 0 atom stereocenters. The third-order valence-corrected chi connectivity index (χ3v) is 2.56. The second kappa shape index (κ2) is 5.45. The van der Waals surface area contributed by atoms with Crippen molar-refractivity contribution in [3.8, 4) is 0 Å². The van der Waals surface area contributed by atoms with Gasteiger partial charge in [-0.1, -0.05) is 11.6 Å². The number of alkyl halides is 2. The molecule has 0 aliphatic rings. The highest BCUT2D eigenvalue weighted by Gasteiger charge is 2.27. The molecule has 1 rings (SSSR count). The first-order valence-corrected chi connectivity index (χ1v) is 5.32. The molecule has 2 N–H and O–H groups in total. The molecule has 5 nitrogen and oxygen atoms in total. The van der Waals surface area contributed by atoms with Gasteiger partial charge in [0.2, 0.25) is 0 Å². The number of nitro groups is 1. The van der Waals surface area contributed by atoms with E-state index < -0.39 is 24.0 Å². The van der Waals surface area contributed by atoms with E-state index in [9.17, 15) is 18.9 Å². The molecule has 0 unspecified atom stereocenters. The molecular formula is C10H11ClF2N2O3. The van der Waals surface area contributed by atoms with Crippen molar-refractivity contribution in [2.75, 3.05) is 18.5 Å². The van der Waals surface area contributed by atoms with E-state index in [4.69, 9.17) is 16.7 Å². The van der Waals surface area contributed by atoms with Crippen LogP contribution >= 0.6 is 11.6 Å². The number of rotatable bonds is 5. The topological polar surface area (TPSA) is 75.4 Å². The van der Waals surface area contributed by atoms with E-state index in [0.717, 1.165) is 0 Å². The molecule has 0 amide bonds. The minimum Gasteiger partial charge on any atom is -0.390 e. The predicted molar refractivity (Wildman–Crippen MR) is 63.4 cm³/mol. The molecule has 0 saturated heterocycles. The van der Waals surface area contributed by atoms with Gasteiger partial charge in [-0.2, -0.15) is 0 Å². The Morgan fingerprint density at radius 1 is 1.56 bits per heavy atom. The number of nitrogens with zero attached hydrogens (tertiary/aromatic N) is 1. The number of hydrogen-bond donors (Lipinski definition) is 2. The van der Waals surface area contributed by atoms with Crippen LogP contribution in [0.25, 0.3) is 0 Å². The lowest BCUT2D eigenvalue weighted by Crippen LogP contribution is -2.31. The number of halogens is 3. The SMILES string of the molecule is Cc1cc([N+](=O)[O-])c(Cl)cc1NCC(F)(F)CO. The molecule has 0 bridgehead atoms. The van der Waals surface area contributed by atoms with Gasteiger partial charge in [0.1, 0.15) is 11.6 Å². The Morgan fingerprint density at radius 2 is 2.17 bits per heavy atom. The molecule has 0 aromatic heterocycles. The zero-order valence-corrected chi connectivity index (χ0v) is 10.2. The summed E-state index contributed by atoms with van der Waals surface area (Å²) in [5.74, 6) is -3.26. The second-order valence-corrected chi connectivity index (χ2v) is 4.15. The van der Waals surface area contributed by atoms with Gasteiger partial charge in [0.15, 0.2) is 0 Å². The van der Waals surface area contributed by atoms with Crippen LogP contribution in [0.15, 0.2) is 12.1 Å². The van der Waals surface area contributed by atoms with Crippen molar-refractivity contribution in [3.05, 3.63) is 32.8 Å². The van der Waals surface area contributed by atoms with Crippen molar-refractivity contribution < 1.29 is 18.8 Å². The zero-order valence-electron chi connectivity index (χ0n) is 9.41. The van der Waals surface area contributed by atoms with Crippen molar-refractivity contribution in [2.45, 2.75) is 12.8 Å². The summed E-state index contributed by atoms with van der Waals surface area (Å²) >= 11 is 5.66. The minimum atomic E-state index is -3.26. The van der Waals surface area contributed by atoms with Crippen LogP contribution in [-0.4, -0.2) is 29.1 Å². The van der Waals surface area contributed by atoms with Crippen LogP contribution in [0.1, 0.15) is 5.56 Å². The summed E-state index contributed by atoms with van der Waals surface area (Å²) in [6.07, 6.45) is 0. The summed E-state index contributed by atoms with van der Waals surface area (Å²) in [5.41, 5.74) is 0.396. The first-order valence-electron chi connectivity index (χ1n) is 4.94. The molecule has 0 aliphatic heterocycles. The Hall–Kier alpha value is -1.47. The second-order valence-electron chi connectivity index (χ2n) is 3.74. The molecule has 8 heteroatoms. The Morgan fingerprint density at radius 3 is 2.67 bits per heavy atom. The van der Waals surface area contributed by atoms with E-state index in [1.165, 1.54) is 19.1 Å². The van der Waals surface area contributed by atoms with Gasteiger partial charge < -0.3 is 10.4 Å². The van der Waals surface area contributed by atoms with E-state index >= 15 is 0 Å². The summed E-state index contributed by atoms with van der Waals surface area (Å²) in [6, 6.07) is 2.41. The molecule has 18 heavy (non-hydrogen) atoms. The highest BCUT2D eigenvalue weighted by Crippen LogP contribution is 2.30. The van der Waals surface area contributed by atoms with Crippen molar-refractivity contribution in [1.29, 1.82) is 0 Å². The van der Waals surface area contributed by atoms with E-state index in [-0.39, 0.29) is 16.4 Å². The van der Waals surface area contributed by atoms with Crippen LogP contribution in [0.2, 0.25) is 5.02 Å². The van der Waals surface area contributed by atoms with Gasteiger partial charge in [0.05, 0.1) is 11.5 Å². The highest BCUT2D eigenvalue weighted by atomic mass is 35.5. The first kappa shape index (κ1) is 14.6. The fraction of sp³-hybridized carbons (Fsp3) is 0.400. The summed E-state index contributed by atoms with van der Waals surface area (Å²) in [4.78, 5) is 9.95. The first-order chi connectivity index (χ1) is 8.26. The average molecular weight is 281 g/mol. The van der Waals surface area contributed by atoms with Crippen molar-refractivity contribution in [3.63, 3.8) is 0 Å². The number of hydrogen-bond acceptors (Lipinski definition) is 4. The number of aliphatic hydroxyl groups is 1. The monoisotopic (exact) mass is 280 g/mol. The maximum absolute atomic E-state index is 12.8. The molecule has 0 radical (unpaired) electrons. The Labute approximate surface area is 107 Å². The van der Waals surface area contributed by atoms with Crippen LogP contribution < -0.4 is 5.32 Å². The Kier molecular flexibility index (Phi) is 4.42. The van der Waals surface area contributed by atoms with Gasteiger partial charge in [0, 0.05) is 11.8 Å². The van der Waals surface area contributed by atoms with Gasteiger partial charge in [-0.25, -0.2) is 8.78 Å². The third-order valence-electron chi connectivity index (χ3n) is 2.26. The summed E-state index contributed by atoms with van der Waals surface area (Å²) < 4.78 is 25.6. The van der Waals surface area contributed by atoms with Crippen LogP contribution in [0.4, 0.5) is 20.2 Å². The van der Waals surface area contributed by atoms with E-state index in [0.29, 0.717) is 5.56 Å². The quantitative estimate of drug-likeness (QED) is 0.642. The van der Waals surface area contributed by atoms with Crippen LogP contribution in [0.3, 0.4) is 0 Å². The largest absolute Gasteiger partial charge is 0.390 e. The predicted octanol–water partition coefficient (Wildman–Crippen LogP) is 2.60. The minimum absolute atomic E-state index is 0.139. The lowest BCUT2D eigenvalue weighted by Gasteiger charge is -2.16. The summed E-state index contributed by atoms with van der Waals surface area (Å²) in [7, 11) is 0. The van der Waals surface area contributed by atoms with Gasteiger partial charge in [-0.05, 0) is 18.6 Å². The lowest BCUT2D eigenvalue weighted by molar-refractivity contribution is -0.384. The number of aryl methyl sites for hydroxylation is 1. The molecule has 0 spiro atoms. The third kappa shape index (κ3) is 3.51. The standard InChI is InChI=1S/C10H11ClF2N2O3/c1-6-2-9(15(17)18)7(11)3-8(6)14-4-10(12,13)5-16/h2-3,14,16H,4-5H2,1H3. The molecule has 1 aromatic rings. The highest BCUT2D eigenvalue weighted by molar-refractivity contribution is 6.33. The number of aliphatic hydroxyl groups excluding tert-OH is 1. The molecule has 1 aromatic carbocycles. The fourth-order valence-electron chi connectivity index (χ4n) is 1.28. The van der Waals surface area contributed by atoms with Crippen LogP contribution in [-0.2, 0) is 0 Å². The number of anilines is 1.